The van der Waals surface area contributed by atoms with Crippen LogP contribution in [0, 0.1) is 8.99 Å². The minimum absolute atomic E-state index is 0.0161. The van der Waals surface area contributed by atoms with E-state index in [0.29, 0.717) is 0 Å². The van der Waals surface area contributed by atoms with Crippen molar-refractivity contribution in [2.24, 2.45) is 5.41 Å². The minimum atomic E-state index is -3.57. The van der Waals surface area contributed by atoms with Gasteiger partial charge in [-0.1, -0.05) is 6.42 Å². The summed E-state index contributed by atoms with van der Waals surface area (Å²) in [4.78, 5) is 11.1. The van der Waals surface area contributed by atoms with E-state index < -0.39 is 21.4 Å². The lowest BCUT2D eigenvalue weighted by atomic mass is 9.67. The van der Waals surface area contributed by atoms with E-state index in [4.69, 9.17) is 5.11 Å². The number of carboxylic acid groups (broad SMARTS) is 1. The van der Waals surface area contributed by atoms with Gasteiger partial charge in [0.25, 0.3) is 0 Å². The molecule has 7 heteroatoms. The first kappa shape index (κ1) is 15.7. The number of hydrogen-bond donors (Lipinski definition) is 2. The quantitative estimate of drug-likeness (QED) is 0.706. The number of sulfonamides is 1. The Kier molecular flexibility index (Phi) is 4.70. The summed E-state index contributed by atoms with van der Waals surface area (Å²) in [5, 5.41) is 8.91. The van der Waals surface area contributed by atoms with Crippen LogP contribution in [0.3, 0.4) is 0 Å². The Labute approximate surface area is 132 Å². The second kappa shape index (κ2) is 5.98. The molecule has 0 aromatic heterocycles. The van der Waals surface area contributed by atoms with Gasteiger partial charge in [0.05, 0.1) is 11.3 Å². The second-order valence-electron chi connectivity index (χ2n) is 5.20. The molecule has 0 bridgehead atoms. The maximum absolute atomic E-state index is 12.2. The Morgan fingerprint density at radius 3 is 2.35 bits per heavy atom. The van der Waals surface area contributed by atoms with Crippen LogP contribution in [0.2, 0.25) is 0 Å². The second-order valence-corrected chi connectivity index (χ2v) is 8.22. The fourth-order valence-corrected chi connectivity index (χ4v) is 3.88. The van der Waals surface area contributed by atoms with E-state index in [0.717, 1.165) is 22.8 Å². The molecule has 2 N–H and O–H groups in total. The Hall–Kier alpha value is -0.670. The van der Waals surface area contributed by atoms with Gasteiger partial charge in [-0.3, -0.25) is 4.79 Å². The van der Waals surface area contributed by atoms with E-state index in [1.165, 1.54) is 0 Å². The lowest BCUT2D eigenvalue weighted by Gasteiger charge is -2.40. The zero-order chi connectivity index (χ0) is 14.8. The van der Waals surface area contributed by atoms with E-state index in [1.807, 2.05) is 0 Å². The summed E-state index contributed by atoms with van der Waals surface area (Å²) in [5.41, 5.74) is -0.415. The van der Waals surface area contributed by atoms with Gasteiger partial charge in [0.15, 0.2) is 0 Å². The van der Waals surface area contributed by atoms with Crippen molar-refractivity contribution in [1.82, 2.24) is 4.72 Å². The van der Waals surface area contributed by atoms with E-state index in [2.05, 4.69) is 27.3 Å². The standard InChI is InChI=1S/C13H16INO4S/c14-10-2-4-11(5-3-10)20(18,19)15-9-13(6-1-7-13)8-12(16)17/h2-5,15H,1,6-9H2,(H,16,17). The number of hydrogen-bond acceptors (Lipinski definition) is 3. The van der Waals surface area contributed by atoms with Gasteiger partial charge in [0.1, 0.15) is 0 Å². The molecule has 0 atom stereocenters. The predicted octanol–water partition coefficient (Wildman–Crippen LogP) is 2.21. The zero-order valence-corrected chi connectivity index (χ0v) is 13.8. The molecule has 0 saturated heterocycles. The smallest absolute Gasteiger partial charge is 0.303 e. The average Bonchev–Trinajstić information content (AvgIpc) is 2.32. The Bertz CT molecular complexity index is 593. The van der Waals surface area contributed by atoms with Crippen LogP contribution in [0.15, 0.2) is 29.2 Å². The maximum atomic E-state index is 12.2. The van der Waals surface area contributed by atoms with Crippen molar-refractivity contribution in [2.75, 3.05) is 6.54 Å². The summed E-state index contributed by atoms with van der Waals surface area (Å²) in [5.74, 6) is -0.877. The van der Waals surface area contributed by atoms with Gasteiger partial charge in [0.2, 0.25) is 10.0 Å². The number of halogens is 1. The van der Waals surface area contributed by atoms with Gasteiger partial charge in [-0.2, -0.15) is 0 Å². The number of carbonyl (C=O) groups is 1. The predicted molar refractivity (Wildman–Crippen MR) is 82.9 cm³/mol. The fourth-order valence-electron chi connectivity index (χ4n) is 2.36. The van der Waals surface area contributed by atoms with E-state index in [1.54, 1.807) is 24.3 Å². The van der Waals surface area contributed by atoms with Crippen molar-refractivity contribution in [1.29, 1.82) is 0 Å². The SMILES string of the molecule is O=C(O)CC1(CNS(=O)(=O)c2ccc(I)cc2)CCC1. The fraction of sp³-hybridized carbons (Fsp3) is 0.462. The molecule has 20 heavy (non-hydrogen) atoms. The monoisotopic (exact) mass is 409 g/mol. The van der Waals surface area contributed by atoms with Crippen LogP contribution in [0.1, 0.15) is 25.7 Å². The van der Waals surface area contributed by atoms with Crippen LogP contribution in [-0.2, 0) is 14.8 Å². The summed E-state index contributed by atoms with van der Waals surface area (Å²) >= 11 is 2.11. The Morgan fingerprint density at radius 2 is 1.90 bits per heavy atom. The van der Waals surface area contributed by atoms with Crippen molar-refractivity contribution in [3.63, 3.8) is 0 Å². The maximum Gasteiger partial charge on any atom is 0.303 e. The highest BCUT2D eigenvalue weighted by molar-refractivity contribution is 14.1. The molecule has 2 rings (SSSR count). The van der Waals surface area contributed by atoms with Crippen LogP contribution in [-0.4, -0.2) is 26.0 Å². The highest BCUT2D eigenvalue weighted by Gasteiger charge is 2.39. The Balaban J connectivity index is 2.05. The minimum Gasteiger partial charge on any atom is -0.481 e. The molecular formula is C13H16INO4S. The van der Waals surface area contributed by atoms with Crippen molar-refractivity contribution < 1.29 is 18.3 Å². The molecule has 0 radical (unpaired) electrons. The van der Waals surface area contributed by atoms with Crippen LogP contribution in [0.5, 0.6) is 0 Å². The van der Waals surface area contributed by atoms with Gasteiger partial charge in [-0.25, -0.2) is 13.1 Å². The highest BCUT2D eigenvalue weighted by Crippen LogP contribution is 2.43. The largest absolute Gasteiger partial charge is 0.481 e. The molecule has 0 unspecified atom stereocenters. The normalized spacial score (nSPS) is 17.4. The number of rotatable bonds is 6. The first-order valence-corrected chi connectivity index (χ1v) is 8.86. The molecule has 0 amide bonds. The Morgan fingerprint density at radius 1 is 1.30 bits per heavy atom. The van der Waals surface area contributed by atoms with Crippen molar-refractivity contribution in [3.8, 4) is 0 Å². The van der Waals surface area contributed by atoms with E-state index in [9.17, 15) is 13.2 Å². The van der Waals surface area contributed by atoms with Gasteiger partial charge in [-0.15, -0.1) is 0 Å². The summed E-state index contributed by atoms with van der Waals surface area (Å²) in [6.07, 6.45) is 2.49. The number of aliphatic carboxylic acids is 1. The van der Waals surface area contributed by atoms with Crippen LogP contribution in [0.4, 0.5) is 0 Å². The van der Waals surface area contributed by atoms with E-state index in [-0.39, 0.29) is 17.9 Å². The third-order valence-electron chi connectivity index (χ3n) is 3.70. The van der Waals surface area contributed by atoms with Gasteiger partial charge < -0.3 is 5.11 Å². The van der Waals surface area contributed by atoms with Gasteiger partial charge in [-0.05, 0) is 65.1 Å². The molecule has 1 aromatic carbocycles. The highest BCUT2D eigenvalue weighted by atomic mass is 127. The number of carboxylic acids is 1. The zero-order valence-electron chi connectivity index (χ0n) is 10.8. The van der Waals surface area contributed by atoms with Crippen LogP contribution >= 0.6 is 22.6 Å². The molecule has 1 aliphatic rings. The third-order valence-corrected chi connectivity index (χ3v) is 5.84. The summed E-state index contributed by atoms with van der Waals surface area (Å²) < 4.78 is 27.8. The van der Waals surface area contributed by atoms with Gasteiger partial charge >= 0.3 is 5.97 Å². The van der Waals surface area contributed by atoms with Crippen molar-refractivity contribution >= 4 is 38.6 Å². The molecular weight excluding hydrogens is 393 g/mol. The summed E-state index contributed by atoms with van der Waals surface area (Å²) in [6, 6.07) is 6.56. The molecule has 1 aliphatic carbocycles. The summed E-state index contributed by atoms with van der Waals surface area (Å²) in [6.45, 7) is 0.188. The molecule has 1 aromatic rings. The van der Waals surface area contributed by atoms with Crippen molar-refractivity contribution in [2.45, 2.75) is 30.6 Å². The van der Waals surface area contributed by atoms with Gasteiger partial charge in [0, 0.05) is 10.1 Å². The lowest BCUT2D eigenvalue weighted by molar-refractivity contribution is -0.141. The first-order chi connectivity index (χ1) is 9.33. The molecule has 0 spiro atoms. The summed E-state index contributed by atoms with van der Waals surface area (Å²) in [7, 11) is -3.57. The molecule has 0 heterocycles. The molecule has 110 valence electrons. The lowest BCUT2D eigenvalue weighted by Crippen LogP contribution is -2.43. The topological polar surface area (TPSA) is 83.5 Å². The van der Waals surface area contributed by atoms with Crippen LogP contribution in [0.25, 0.3) is 0 Å². The van der Waals surface area contributed by atoms with E-state index >= 15 is 0 Å². The number of nitrogens with one attached hydrogen (secondary N) is 1. The molecule has 5 nitrogen and oxygen atoms in total. The molecule has 1 saturated carbocycles. The molecule has 1 fully saturated rings. The molecule has 0 aliphatic heterocycles. The first-order valence-electron chi connectivity index (χ1n) is 6.30. The average molecular weight is 409 g/mol. The van der Waals surface area contributed by atoms with Crippen molar-refractivity contribution in [3.05, 3.63) is 27.8 Å². The third kappa shape index (κ3) is 3.70. The van der Waals surface area contributed by atoms with Crippen LogP contribution < -0.4 is 4.72 Å². The number of benzene rings is 1.